The number of hydrogen-bond acceptors (Lipinski definition) is 5. The van der Waals surface area contributed by atoms with Crippen LogP contribution in [0.15, 0.2) is 54.6 Å². The Balaban J connectivity index is 1.56. The largest absolute Gasteiger partial charge is 0.489 e. The van der Waals surface area contributed by atoms with Crippen LogP contribution in [0.5, 0.6) is 5.75 Å². The number of nitrogens with one attached hydrogen (secondary N) is 1. The van der Waals surface area contributed by atoms with Crippen molar-refractivity contribution in [2.75, 3.05) is 0 Å². The number of ether oxygens (including phenoxy) is 1. The number of nitrogens with zero attached hydrogens (tertiary/aromatic N) is 4. The first-order valence-electron chi connectivity index (χ1n) is 8.63. The summed E-state index contributed by atoms with van der Waals surface area (Å²) >= 11 is 12.0. The second-order valence-electron chi connectivity index (χ2n) is 6.20. The van der Waals surface area contributed by atoms with E-state index in [9.17, 15) is 4.39 Å². The zero-order valence-electron chi connectivity index (χ0n) is 14.9. The van der Waals surface area contributed by atoms with Gasteiger partial charge in [0.1, 0.15) is 23.9 Å². The lowest BCUT2D eigenvalue weighted by molar-refractivity contribution is 0.297. The molecular formula is C20H14Cl2FN5O. The van der Waals surface area contributed by atoms with Crippen LogP contribution in [-0.4, -0.2) is 25.6 Å². The highest BCUT2D eigenvalue weighted by Gasteiger charge is 2.11. The molecule has 2 aromatic heterocycles. The number of halogens is 3. The lowest BCUT2D eigenvalue weighted by Crippen LogP contribution is -2.02. The molecule has 6 nitrogen and oxygen atoms in total. The number of hydrogen-bond donors (Lipinski definition) is 1. The standard InChI is InChI=1S/C20H14Cl2FN5O/c21-14-6-7-19(29-11-12-4-5-15(22)10-17(12)23)13(8-14)9-16-2-1-3-18(24-16)20-25-27-28-26-20/h1-8,10H,9,11H2,(H,25,26,27,28). The molecule has 29 heavy (non-hydrogen) atoms. The fourth-order valence-electron chi connectivity index (χ4n) is 2.79. The van der Waals surface area contributed by atoms with Crippen LogP contribution in [0.25, 0.3) is 11.5 Å². The minimum absolute atomic E-state index is 0.0635. The molecule has 0 fully saturated rings. The lowest BCUT2D eigenvalue weighted by atomic mass is 10.1. The summed E-state index contributed by atoms with van der Waals surface area (Å²) in [6.45, 7) is 0.0635. The third-order valence-electron chi connectivity index (χ3n) is 4.17. The molecule has 0 amide bonds. The molecule has 0 aliphatic heterocycles. The molecule has 9 heteroatoms. The van der Waals surface area contributed by atoms with Crippen LogP contribution in [0.3, 0.4) is 0 Å². The Morgan fingerprint density at radius 3 is 2.59 bits per heavy atom. The molecule has 0 aliphatic carbocycles. The summed E-state index contributed by atoms with van der Waals surface area (Å²) in [7, 11) is 0. The Morgan fingerprint density at radius 1 is 0.966 bits per heavy atom. The first kappa shape index (κ1) is 19.3. The number of aromatic nitrogens is 5. The molecule has 0 radical (unpaired) electrons. The van der Waals surface area contributed by atoms with Gasteiger partial charge in [-0.05, 0) is 47.7 Å². The summed E-state index contributed by atoms with van der Waals surface area (Å²) < 4.78 is 19.9. The first-order chi connectivity index (χ1) is 14.1. The molecule has 0 saturated carbocycles. The van der Waals surface area contributed by atoms with Crippen molar-refractivity contribution >= 4 is 23.2 Å². The fourth-order valence-corrected chi connectivity index (χ4v) is 3.14. The fraction of sp³-hybridized carbons (Fsp3) is 0.100. The molecule has 2 aromatic carbocycles. The van der Waals surface area contributed by atoms with Crippen LogP contribution in [-0.2, 0) is 13.0 Å². The molecule has 0 spiro atoms. The molecule has 1 N–H and O–H groups in total. The predicted molar refractivity (Wildman–Crippen MR) is 107 cm³/mol. The maximum absolute atomic E-state index is 14.0. The van der Waals surface area contributed by atoms with Gasteiger partial charge in [0.05, 0.1) is 0 Å². The SMILES string of the molecule is Fc1cc(Cl)ccc1COc1ccc(Cl)cc1Cc1cccc(-c2nn[nH]n2)n1. The van der Waals surface area contributed by atoms with Gasteiger partial charge in [0, 0.05) is 33.3 Å². The Kier molecular flexibility index (Phi) is 5.69. The number of pyridine rings is 1. The van der Waals surface area contributed by atoms with Crippen molar-refractivity contribution in [3.05, 3.63) is 87.3 Å². The highest BCUT2D eigenvalue weighted by atomic mass is 35.5. The number of aromatic amines is 1. The summed E-state index contributed by atoms with van der Waals surface area (Å²) in [6.07, 6.45) is 0.463. The molecule has 4 rings (SSSR count). The smallest absolute Gasteiger partial charge is 0.222 e. The van der Waals surface area contributed by atoms with Gasteiger partial charge < -0.3 is 4.74 Å². The van der Waals surface area contributed by atoms with E-state index < -0.39 is 5.82 Å². The van der Waals surface area contributed by atoms with E-state index in [1.807, 2.05) is 12.1 Å². The average molecular weight is 430 g/mol. The van der Waals surface area contributed by atoms with Crippen molar-refractivity contribution in [1.29, 1.82) is 0 Å². The topological polar surface area (TPSA) is 76.6 Å². The number of H-pyrrole nitrogens is 1. The van der Waals surface area contributed by atoms with Crippen LogP contribution >= 0.6 is 23.2 Å². The summed E-state index contributed by atoms with van der Waals surface area (Å²) in [6, 6.07) is 15.3. The van der Waals surface area contributed by atoms with Gasteiger partial charge in [0.2, 0.25) is 5.82 Å². The van der Waals surface area contributed by atoms with Crippen LogP contribution in [0.4, 0.5) is 4.39 Å². The van der Waals surface area contributed by atoms with E-state index in [1.54, 1.807) is 36.4 Å². The zero-order chi connectivity index (χ0) is 20.2. The molecule has 2 heterocycles. The zero-order valence-corrected chi connectivity index (χ0v) is 16.5. The van der Waals surface area contributed by atoms with Crippen LogP contribution in [0.2, 0.25) is 10.0 Å². The monoisotopic (exact) mass is 429 g/mol. The molecule has 0 saturated heterocycles. The van der Waals surface area contributed by atoms with Gasteiger partial charge in [-0.2, -0.15) is 5.21 Å². The van der Waals surface area contributed by atoms with Crippen molar-refractivity contribution in [2.24, 2.45) is 0 Å². The van der Waals surface area contributed by atoms with Crippen molar-refractivity contribution in [3.8, 4) is 17.3 Å². The third kappa shape index (κ3) is 4.70. The van der Waals surface area contributed by atoms with Gasteiger partial charge in [0.25, 0.3) is 0 Å². The normalized spacial score (nSPS) is 10.9. The van der Waals surface area contributed by atoms with Gasteiger partial charge in [-0.25, -0.2) is 9.37 Å². The summed E-state index contributed by atoms with van der Waals surface area (Å²) in [5.41, 5.74) is 2.61. The number of benzene rings is 2. The first-order valence-corrected chi connectivity index (χ1v) is 9.39. The molecule has 0 atom stereocenters. The molecular weight excluding hydrogens is 416 g/mol. The van der Waals surface area contributed by atoms with E-state index in [0.717, 1.165) is 11.3 Å². The highest BCUT2D eigenvalue weighted by Crippen LogP contribution is 2.27. The van der Waals surface area contributed by atoms with Gasteiger partial charge in [-0.1, -0.05) is 35.3 Å². The third-order valence-corrected chi connectivity index (χ3v) is 4.64. The van der Waals surface area contributed by atoms with Crippen molar-refractivity contribution in [2.45, 2.75) is 13.0 Å². The van der Waals surface area contributed by atoms with Crippen molar-refractivity contribution in [1.82, 2.24) is 25.6 Å². The average Bonchev–Trinajstić information content (AvgIpc) is 3.24. The van der Waals surface area contributed by atoms with Crippen LogP contribution in [0, 0.1) is 5.82 Å². The van der Waals surface area contributed by atoms with Crippen LogP contribution < -0.4 is 4.74 Å². The molecule has 0 bridgehead atoms. The molecule has 146 valence electrons. The number of rotatable bonds is 6. The second-order valence-corrected chi connectivity index (χ2v) is 7.08. The van der Waals surface area contributed by atoms with E-state index in [2.05, 4.69) is 25.6 Å². The molecule has 4 aromatic rings. The minimum Gasteiger partial charge on any atom is -0.489 e. The van der Waals surface area contributed by atoms with E-state index in [4.69, 9.17) is 27.9 Å². The van der Waals surface area contributed by atoms with Crippen molar-refractivity contribution < 1.29 is 9.13 Å². The Bertz CT molecular complexity index is 1140. The van der Waals surface area contributed by atoms with Gasteiger partial charge in [-0.3, -0.25) is 0 Å². The quantitative estimate of drug-likeness (QED) is 0.472. The highest BCUT2D eigenvalue weighted by molar-refractivity contribution is 6.30. The Labute approximate surface area is 175 Å². The Morgan fingerprint density at radius 2 is 1.79 bits per heavy atom. The van der Waals surface area contributed by atoms with Crippen LogP contribution in [0.1, 0.15) is 16.8 Å². The lowest BCUT2D eigenvalue weighted by Gasteiger charge is -2.13. The Hall–Kier alpha value is -3.03. The molecule has 0 unspecified atom stereocenters. The minimum atomic E-state index is -0.414. The number of tetrazole rings is 1. The van der Waals surface area contributed by atoms with E-state index in [-0.39, 0.29) is 6.61 Å². The maximum Gasteiger partial charge on any atom is 0.222 e. The molecule has 0 aliphatic rings. The second kappa shape index (κ2) is 8.55. The maximum atomic E-state index is 14.0. The summed E-state index contributed by atoms with van der Waals surface area (Å²) in [5, 5.41) is 14.8. The summed E-state index contributed by atoms with van der Waals surface area (Å²) in [4.78, 5) is 4.57. The van der Waals surface area contributed by atoms with E-state index in [1.165, 1.54) is 6.07 Å². The van der Waals surface area contributed by atoms with Gasteiger partial charge >= 0.3 is 0 Å². The van der Waals surface area contributed by atoms with Gasteiger partial charge in [-0.15, -0.1) is 10.2 Å². The van der Waals surface area contributed by atoms with E-state index >= 15 is 0 Å². The van der Waals surface area contributed by atoms with Gasteiger partial charge in [0.15, 0.2) is 0 Å². The van der Waals surface area contributed by atoms with E-state index in [0.29, 0.717) is 39.3 Å². The predicted octanol–water partition coefficient (Wildman–Crippen LogP) is 4.88. The summed E-state index contributed by atoms with van der Waals surface area (Å²) in [5.74, 6) is 0.589. The van der Waals surface area contributed by atoms with Crippen molar-refractivity contribution in [3.63, 3.8) is 0 Å².